The zero-order valence-corrected chi connectivity index (χ0v) is 9.59. The second-order valence-electron chi connectivity index (χ2n) is 3.34. The van der Waals surface area contributed by atoms with E-state index in [9.17, 15) is 0 Å². The molecule has 4 heteroatoms. The minimum atomic E-state index is 0.233. The van der Waals surface area contributed by atoms with Crippen LogP contribution >= 0.6 is 11.6 Å². The Morgan fingerprint density at radius 2 is 2.36 bits per heavy atom. The van der Waals surface area contributed by atoms with Gasteiger partial charge in [0.25, 0.3) is 0 Å². The van der Waals surface area contributed by atoms with Gasteiger partial charge < -0.3 is 5.32 Å². The lowest BCUT2D eigenvalue weighted by molar-refractivity contribution is 0.642. The van der Waals surface area contributed by atoms with E-state index in [1.54, 1.807) is 0 Å². The van der Waals surface area contributed by atoms with Gasteiger partial charge in [0, 0.05) is 36.8 Å². The lowest BCUT2D eigenvalue weighted by Crippen LogP contribution is -2.22. The molecule has 1 rings (SSSR count). The predicted molar refractivity (Wildman–Crippen MR) is 59.5 cm³/mol. The van der Waals surface area contributed by atoms with Crippen molar-refractivity contribution in [3.8, 4) is 0 Å². The van der Waals surface area contributed by atoms with Gasteiger partial charge in [0.05, 0.1) is 6.20 Å². The molecule has 14 heavy (non-hydrogen) atoms. The zero-order valence-electron chi connectivity index (χ0n) is 8.83. The lowest BCUT2D eigenvalue weighted by Gasteiger charge is -2.06. The molecule has 0 aliphatic carbocycles. The molecule has 1 atom stereocenters. The van der Waals surface area contributed by atoms with Gasteiger partial charge in [-0.1, -0.05) is 6.92 Å². The number of hydrogen-bond acceptors (Lipinski definition) is 2. The lowest BCUT2D eigenvalue weighted by atomic mass is 10.3. The first-order valence-electron chi connectivity index (χ1n) is 5.12. The van der Waals surface area contributed by atoms with Crippen LogP contribution in [0.25, 0.3) is 0 Å². The second-order valence-corrected chi connectivity index (χ2v) is 3.96. The number of nitrogens with one attached hydrogen (secondary N) is 1. The van der Waals surface area contributed by atoms with Gasteiger partial charge in [-0.25, -0.2) is 0 Å². The summed E-state index contributed by atoms with van der Waals surface area (Å²) in [7, 11) is 0. The average Bonchev–Trinajstić information content (AvgIpc) is 2.65. The molecule has 1 unspecified atom stereocenters. The highest BCUT2D eigenvalue weighted by Gasteiger charge is 2.01. The maximum absolute atomic E-state index is 5.98. The van der Waals surface area contributed by atoms with Crippen LogP contribution in [-0.2, 0) is 13.1 Å². The molecule has 1 heterocycles. The molecular weight excluding hydrogens is 198 g/mol. The van der Waals surface area contributed by atoms with Gasteiger partial charge in [0.2, 0.25) is 0 Å². The number of hydrogen-bond donors (Lipinski definition) is 1. The molecule has 0 fully saturated rings. The monoisotopic (exact) mass is 215 g/mol. The van der Waals surface area contributed by atoms with Gasteiger partial charge in [-0.3, -0.25) is 4.68 Å². The highest BCUT2D eigenvalue weighted by molar-refractivity contribution is 6.20. The zero-order chi connectivity index (χ0) is 10.4. The summed E-state index contributed by atoms with van der Waals surface area (Å²) in [6.07, 6.45) is 4.96. The van der Waals surface area contributed by atoms with E-state index in [0.29, 0.717) is 0 Å². The summed E-state index contributed by atoms with van der Waals surface area (Å²) >= 11 is 5.98. The Kier molecular flexibility index (Phi) is 4.98. The van der Waals surface area contributed by atoms with Gasteiger partial charge >= 0.3 is 0 Å². The molecule has 0 spiro atoms. The van der Waals surface area contributed by atoms with Crippen molar-refractivity contribution in [3.05, 3.63) is 18.0 Å². The van der Waals surface area contributed by atoms with Crippen LogP contribution in [-0.4, -0.2) is 21.7 Å². The maximum atomic E-state index is 5.98. The van der Waals surface area contributed by atoms with E-state index in [0.717, 1.165) is 26.1 Å². The molecule has 1 aromatic rings. The third-order valence-electron chi connectivity index (χ3n) is 2.15. The fourth-order valence-corrected chi connectivity index (χ4v) is 1.30. The summed E-state index contributed by atoms with van der Waals surface area (Å²) in [6, 6.07) is 0. The average molecular weight is 216 g/mol. The Morgan fingerprint density at radius 1 is 1.57 bits per heavy atom. The van der Waals surface area contributed by atoms with Crippen molar-refractivity contribution in [2.75, 3.05) is 6.54 Å². The number of alkyl halides is 1. The molecule has 0 amide bonds. The largest absolute Gasteiger partial charge is 0.311 e. The van der Waals surface area contributed by atoms with Crippen molar-refractivity contribution >= 4 is 11.6 Å². The van der Waals surface area contributed by atoms with Crippen LogP contribution in [0.5, 0.6) is 0 Å². The van der Waals surface area contributed by atoms with Crippen LogP contribution < -0.4 is 5.32 Å². The van der Waals surface area contributed by atoms with E-state index in [2.05, 4.69) is 30.5 Å². The fraction of sp³-hybridized carbons (Fsp3) is 0.700. The number of nitrogens with zero attached hydrogens (tertiary/aromatic N) is 2. The minimum absolute atomic E-state index is 0.233. The smallest absolute Gasteiger partial charge is 0.0534 e. The molecule has 0 aromatic carbocycles. The van der Waals surface area contributed by atoms with E-state index < -0.39 is 0 Å². The highest BCUT2D eigenvalue weighted by Crippen LogP contribution is 2.00. The molecule has 0 bridgehead atoms. The third kappa shape index (κ3) is 3.68. The molecule has 80 valence electrons. The van der Waals surface area contributed by atoms with Crippen LogP contribution in [0.4, 0.5) is 0 Å². The Labute approximate surface area is 90.4 Å². The van der Waals surface area contributed by atoms with Crippen molar-refractivity contribution in [2.24, 2.45) is 0 Å². The second kappa shape index (κ2) is 6.04. The van der Waals surface area contributed by atoms with Crippen LogP contribution in [0.3, 0.4) is 0 Å². The van der Waals surface area contributed by atoms with Gasteiger partial charge in [-0.2, -0.15) is 5.10 Å². The first-order valence-corrected chi connectivity index (χ1v) is 5.56. The fourth-order valence-electron chi connectivity index (χ4n) is 1.19. The molecule has 3 nitrogen and oxygen atoms in total. The standard InChI is InChI=1S/C10H18ClN3/c1-3-10(11)7-12-5-9-6-13-14(4-2)8-9/h6,8,10,12H,3-5,7H2,1-2H3. The highest BCUT2D eigenvalue weighted by atomic mass is 35.5. The first kappa shape index (κ1) is 11.5. The number of aromatic nitrogens is 2. The Hall–Kier alpha value is -0.540. The SMILES string of the molecule is CCC(Cl)CNCc1cnn(CC)c1. The Bertz CT molecular complexity index is 260. The normalized spacial score (nSPS) is 13.1. The first-order chi connectivity index (χ1) is 6.76. The van der Waals surface area contributed by atoms with Crippen molar-refractivity contribution in [2.45, 2.75) is 38.7 Å². The molecule has 1 N–H and O–H groups in total. The van der Waals surface area contributed by atoms with Crippen LogP contribution in [0.1, 0.15) is 25.8 Å². The topological polar surface area (TPSA) is 29.9 Å². The van der Waals surface area contributed by atoms with Crippen molar-refractivity contribution in [1.82, 2.24) is 15.1 Å². The van der Waals surface area contributed by atoms with Crippen molar-refractivity contribution in [1.29, 1.82) is 0 Å². The summed E-state index contributed by atoms with van der Waals surface area (Å²) in [5.41, 5.74) is 1.21. The number of aryl methyl sites for hydroxylation is 1. The predicted octanol–water partition coefficient (Wildman–Crippen LogP) is 2.01. The third-order valence-corrected chi connectivity index (χ3v) is 2.61. The molecule has 0 aliphatic heterocycles. The van der Waals surface area contributed by atoms with Crippen LogP contribution in [0.2, 0.25) is 0 Å². The van der Waals surface area contributed by atoms with Crippen LogP contribution in [0.15, 0.2) is 12.4 Å². The molecule has 1 aromatic heterocycles. The molecular formula is C10H18ClN3. The Morgan fingerprint density at radius 3 is 2.93 bits per heavy atom. The van der Waals surface area contributed by atoms with Gasteiger partial charge in [0.15, 0.2) is 0 Å². The summed E-state index contributed by atoms with van der Waals surface area (Å²) in [5.74, 6) is 0. The maximum Gasteiger partial charge on any atom is 0.0534 e. The quantitative estimate of drug-likeness (QED) is 0.736. The summed E-state index contributed by atoms with van der Waals surface area (Å²) in [6.45, 7) is 6.80. The van der Waals surface area contributed by atoms with Crippen molar-refractivity contribution in [3.63, 3.8) is 0 Å². The van der Waals surface area contributed by atoms with Gasteiger partial charge in [-0.05, 0) is 13.3 Å². The molecule has 0 radical (unpaired) electrons. The molecule has 0 saturated heterocycles. The van der Waals surface area contributed by atoms with Crippen molar-refractivity contribution < 1.29 is 0 Å². The van der Waals surface area contributed by atoms with Gasteiger partial charge in [0.1, 0.15) is 0 Å². The molecule has 0 saturated carbocycles. The number of rotatable bonds is 6. The van der Waals surface area contributed by atoms with Gasteiger partial charge in [-0.15, -0.1) is 11.6 Å². The van der Waals surface area contributed by atoms with E-state index in [1.807, 2.05) is 10.9 Å². The number of halogens is 1. The summed E-state index contributed by atoms with van der Waals surface area (Å²) < 4.78 is 1.93. The minimum Gasteiger partial charge on any atom is -0.311 e. The Balaban J connectivity index is 2.24. The van der Waals surface area contributed by atoms with E-state index in [1.165, 1.54) is 5.56 Å². The molecule has 0 aliphatic rings. The van der Waals surface area contributed by atoms with Crippen LogP contribution in [0, 0.1) is 0 Å². The summed E-state index contributed by atoms with van der Waals surface area (Å²) in [4.78, 5) is 0. The van der Waals surface area contributed by atoms with E-state index in [4.69, 9.17) is 11.6 Å². The van der Waals surface area contributed by atoms with E-state index in [-0.39, 0.29) is 5.38 Å². The summed E-state index contributed by atoms with van der Waals surface area (Å²) in [5, 5.41) is 7.73. The van der Waals surface area contributed by atoms with E-state index >= 15 is 0 Å².